The summed E-state index contributed by atoms with van der Waals surface area (Å²) in [7, 11) is 1.93. The van der Waals surface area contributed by atoms with Gasteiger partial charge < -0.3 is 10.3 Å². The van der Waals surface area contributed by atoms with Crippen molar-refractivity contribution >= 4 is 16.6 Å². The van der Waals surface area contributed by atoms with E-state index in [0.29, 0.717) is 0 Å². The molecule has 2 nitrogen and oxygen atoms in total. The molecule has 0 spiro atoms. The lowest BCUT2D eigenvalue weighted by Gasteiger charge is -1.99. The smallest absolute Gasteiger partial charge is 0.0458 e. The van der Waals surface area contributed by atoms with Crippen LogP contribution in [0.2, 0.25) is 0 Å². The van der Waals surface area contributed by atoms with Gasteiger partial charge in [0.1, 0.15) is 0 Å². The van der Waals surface area contributed by atoms with E-state index in [4.69, 9.17) is 0 Å². The van der Waals surface area contributed by atoms with Crippen LogP contribution in [0.25, 0.3) is 10.9 Å². The van der Waals surface area contributed by atoms with Crippen molar-refractivity contribution in [1.82, 2.24) is 4.98 Å². The van der Waals surface area contributed by atoms with E-state index in [2.05, 4.69) is 35.4 Å². The van der Waals surface area contributed by atoms with Gasteiger partial charge in [0.25, 0.3) is 0 Å². The third kappa shape index (κ3) is 0.961. The number of hydrogen-bond acceptors (Lipinski definition) is 1. The first-order chi connectivity index (χ1) is 5.81. The zero-order chi connectivity index (χ0) is 8.55. The van der Waals surface area contributed by atoms with Crippen molar-refractivity contribution in [3.05, 3.63) is 30.0 Å². The number of benzene rings is 1. The molecule has 2 rings (SSSR count). The minimum absolute atomic E-state index is 1.16. The Morgan fingerprint density at radius 3 is 2.92 bits per heavy atom. The Bertz CT molecular complexity index is 401. The Balaban J connectivity index is 2.71. The van der Waals surface area contributed by atoms with Gasteiger partial charge >= 0.3 is 0 Å². The molecule has 1 aromatic carbocycles. The molecule has 0 saturated heterocycles. The molecule has 2 N–H and O–H groups in total. The summed E-state index contributed by atoms with van der Waals surface area (Å²) in [6.45, 7) is 2.11. The number of rotatable bonds is 1. The molecular weight excluding hydrogens is 148 g/mol. The molecule has 62 valence electrons. The van der Waals surface area contributed by atoms with Gasteiger partial charge in [0.05, 0.1) is 0 Å². The fourth-order valence-corrected chi connectivity index (χ4v) is 1.42. The number of anilines is 1. The Hall–Kier alpha value is -1.44. The van der Waals surface area contributed by atoms with Crippen LogP contribution in [0.3, 0.4) is 0 Å². The van der Waals surface area contributed by atoms with Crippen LogP contribution in [0.4, 0.5) is 5.69 Å². The van der Waals surface area contributed by atoms with Crippen LogP contribution in [0.1, 0.15) is 5.56 Å². The topological polar surface area (TPSA) is 27.8 Å². The number of aromatic amines is 1. The average molecular weight is 160 g/mol. The monoisotopic (exact) mass is 160 g/mol. The predicted molar refractivity (Wildman–Crippen MR) is 52.6 cm³/mol. The van der Waals surface area contributed by atoms with Gasteiger partial charge in [-0.05, 0) is 30.7 Å². The number of H-pyrrole nitrogens is 1. The van der Waals surface area contributed by atoms with Crippen LogP contribution in [-0.4, -0.2) is 12.0 Å². The zero-order valence-corrected chi connectivity index (χ0v) is 7.31. The summed E-state index contributed by atoms with van der Waals surface area (Å²) in [5, 5.41) is 4.42. The maximum atomic E-state index is 3.21. The van der Waals surface area contributed by atoms with Gasteiger partial charge in [0, 0.05) is 29.8 Å². The third-order valence-corrected chi connectivity index (χ3v) is 2.18. The lowest BCUT2D eigenvalue weighted by molar-refractivity contribution is 1.43. The van der Waals surface area contributed by atoms with E-state index in [1.165, 1.54) is 16.5 Å². The second kappa shape index (κ2) is 2.55. The molecule has 0 bridgehead atoms. The van der Waals surface area contributed by atoms with E-state index < -0.39 is 0 Å². The van der Waals surface area contributed by atoms with Crippen LogP contribution in [0, 0.1) is 6.92 Å². The highest BCUT2D eigenvalue weighted by Gasteiger charge is 1.98. The minimum Gasteiger partial charge on any atom is -0.388 e. The number of nitrogens with one attached hydrogen (secondary N) is 2. The van der Waals surface area contributed by atoms with Crippen LogP contribution >= 0.6 is 0 Å². The summed E-state index contributed by atoms with van der Waals surface area (Å²) in [5.74, 6) is 0. The zero-order valence-electron chi connectivity index (χ0n) is 7.31. The van der Waals surface area contributed by atoms with Crippen molar-refractivity contribution in [3.8, 4) is 0 Å². The number of fused-ring (bicyclic) bond motifs is 1. The van der Waals surface area contributed by atoms with Gasteiger partial charge in [0.2, 0.25) is 0 Å². The van der Waals surface area contributed by atoms with Crippen molar-refractivity contribution in [2.75, 3.05) is 12.4 Å². The van der Waals surface area contributed by atoms with Gasteiger partial charge in [0.15, 0.2) is 0 Å². The molecule has 0 radical (unpaired) electrons. The molecule has 0 atom stereocenters. The number of hydrogen-bond donors (Lipinski definition) is 2. The van der Waals surface area contributed by atoms with E-state index in [-0.39, 0.29) is 0 Å². The number of aromatic nitrogens is 1. The molecular formula is C10H12N2. The normalized spacial score (nSPS) is 10.5. The highest BCUT2D eigenvalue weighted by Crippen LogP contribution is 2.20. The van der Waals surface area contributed by atoms with E-state index >= 15 is 0 Å². The maximum absolute atomic E-state index is 3.21. The highest BCUT2D eigenvalue weighted by atomic mass is 14.8. The van der Waals surface area contributed by atoms with Crippen molar-refractivity contribution in [1.29, 1.82) is 0 Å². The molecule has 12 heavy (non-hydrogen) atoms. The van der Waals surface area contributed by atoms with E-state index in [9.17, 15) is 0 Å². The first-order valence-corrected chi connectivity index (χ1v) is 4.07. The molecule has 0 aliphatic heterocycles. The van der Waals surface area contributed by atoms with E-state index in [1.807, 2.05) is 13.2 Å². The average Bonchev–Trinajstić information content (AvgIpc) is 2.47. The van der Waals surface area contributed by atoms with Crippen LogP contribution < -0.4 is 5.32 Å². The molecule has 0 fully saturated rings. The van der Waals surface area contributed by atoms with Crippen molar-refractivity contribution in [3.63, 3.8) is 0 Å². The summed E-state index contributed by atoms with van der Waals surface area (Å²) in [4.78, 5) is 3.21. The Kier molecular flexibility index (Phi) is 1.54. The van der Waals surface area contributed by atoms with Gasteiger partial charge in [-0.1, -0.05) is 0 Å². The Morgan fingerprint density at radius 1 is 1.33 bits per heavy atom. The van der Waals surface area contributed by atoms with Crippen LogP contribution in [0.15, 0.2) is 24.4 Å². The first-order valence-electron chi connectivity index (χ1n) is 4.07. The SMILES string of the molecule is CNc1ccc2[nH]cc(C)c2c1. The lowest BCUT2D eigenvalue weighted by atomic mass is 10.2. The fraction of sp³-hybridized carbons (Fsp3) is 0.200. The first kappa shape index (κ1) is 7.22. The molecule has 2 aromatic rings. The fourth-order valence-electron chi connectivity index (χ4n) is 1.42. The molecule has 0 aliphatic carbocycles. The van der Waals surface area contributed by atoms with Gasteiger partial charge in [-0.15, -0.1) is 0 Å². The summed E-state index contributed by atoms with van der Waals surface area (Å²) in [6, 6.07) is 6.31. The largest absolute Gasteiger partial charge is 0.388 e. The van der Waals surface area contributed by atoms with Crippen molar-refractivity contribution in [2.24, 2.45) is 0 Å². The van der Waals surface area contributed by atoms with Crippen LogP contribution in [0.5, 0.6) is 0 Å². The van der Waals surface area contributed by atoms with Gasteiger partial charge in [-0.25, -0.2) is 0 Å². The minimum atomic E-state index is 1.16. The maximum Gasteiger partial charge on any atom is 0.0458 e. The summed E-state index contributed by atoms with van der Waals surface area (Å²) < 4.78 is 0. The predicted octanol–water partition coefficient (Wildman–Crippen LogP) is 2.52. The van der Waals surface area contributed by atoms with E-state index in [0.717, 1.165) is 5.69 Å². The molecule has 0 aliphatic rings. The Morgan fingerprint density at radius 2 is 2.17 bits per heavy atom. The second-order valence-corrected chi connectivity index (χ2v) is 2.98. The summed E-state index contributed by atoms with van der Waals surface area (Å²) >= 11 is 0. The lowest BCUT2D eigenvalue weighted by Crippen LogP contribution is -1.86. The standard InChI is InChI=1S/C10H12N2/c1-7-6-12-10-4-3-8(11-2)5-9(7)10/h3-6,11-12H,1-2H3. The van der Waals surface area contributed by atoms with Gasteiger partial charge in [-0.2, -0.15) is 0 Å². The third-order valence-electron chi connectivity index (χ3n) is 2.18. The molecule has 1 aromatic heterocycles. The van der Waals surface area contributed by atoms with Crippen molar-refractivity contribution < 1.29 is 0 Å². The van der Waals surface area contributed by atoms with E-state index in [1.54, 1.807) is 0 Å². The molecule has 2 heteroatoms. The molecule has 0 saturated carbocycles. The van der Waals surface area contributed by atoms with Gasteiger partial charge in [-0.3, -0.25) is 0 Å². The van der Waals surface area contributed by atoms with Crippen molar-refractivity contribution in [2.45, 2.75) is 6.92 Å². The van der Waals surface area contributed by atoms with Crippen LogP contribution in [-0.2, 0) is 0 Å². The molecule has 0 unspecified atom stereocenters. The molecule has 1 heterocycles. The molecule has 0 amide bonds. The summed E-state index contributed by atoms with van der Waals surface area (Å²) in [5.41, 5.74) is 3.65. The number of aryl methyl sites for hydroxylation is 1. The Labute approximate surface area is 71.6 Å². The summed E-state index contributed by atoms with van der Waals surface area (Å²) in [6.07, 6.45) is 2.03. The quantitative estimate of drug-likeness (QED) is 0.659. The second-order valence-electron chi connectivity index (χ2n) is 2.98. The highest BCUT2D eigenvalue weighted by molar-refractivity contribution is 5.86.